The van der Waals surface area contributed by atoms with Crippen molar-refractivity contribution in [2.45, 2.75) is 25.4 Å². The molecule has 2 aromatic carbocycles. The molecule has 1 unspecified atom stereocenters. The quantitative estimate of drug-likeness (QED) is 0.851. The molecule has 0 saturated carbocycles. The number of halogens is 2. The Labute approximate surface area is 117 Å². The Morgan fingerprint density at radius 3 is 2.47 bits per heavy atom. The molecule has 19 heavy (non-hydrogen) atoms. The third-order valence-corrected chi connectivity index (χ3v) is 3.50. The van der Waals surface area contributed by atoms with Gasteiger partial charge in [0.1, 0.15) is 5.82 Å². The van der Waals surface area contributed by atoms with Crippen LogP contribution in [0.25, 0.3) is 0 Å². The van der Waals surface area contributed by atoms with Gasteiger partial charge < -0.3 is 5.11 Å². The normalized spacial score (nSPS) is 12.4. The van der Waals surface area contributed by atoms with Crippen molar-refractivity contribution in [3.63, 3.8) is 0 Å². The molecule has 0 radical (unpaired) electrons. The van der Waals surface area contributed by atoms with Crippen LogP contribution in [0.15, 0.2) is 48.5 Å². The Balaban J connectivity index is 1.90. The van der Waals surface area contributed by atoms with E-state index in [9.17, 15) is 9.50 Å². The van der Waals surface area contributed by atoms with E-state index in [0.29, 0.717) is 29.8 Å². The van der Waals surface area contributed by atoms with Crippen LogP contribution >= 0.6 is 11.6 Å². The number of hydrogen-bond donors (Lipinski definition) is 1. The SMILES string of the molecule is OC(CCCc1c(F)cccc1Cl)c1ccccc1. The molecule has 1 atom stereocenters. The van der Waals surface area contributed by atoms with Gasteiger partial charge in [-0.05, 0) is 37.0 Å². The van der Waals surface area contributed by atoms with Crippen LogP contribution in [0.3, 0.4) is 0 Å². The van der Waals surface area contributed by atoms with Gasteiger partial charge in [-0.1, -0.05) is 48.0 Å². The lowest BCUT2D eigenvalue weighted by molar-refractivity contribution is 0.164. The number of benzene rings is 2. The first-order valence-electron chi connectivity index (χ1n) is 6.34. The van der Waals surface area contributed by atoms with E-state index in [-0.39, 0.29) is 5.82 Å². The first-order chi connectivity index (χ1) is 9.18. The molecular formula is C16H16ClFO. The molecule has 0 saturated heterocycles. The topological polar surface area (TPSA) is 20.2 Å². The first-order valence-corrected chi connectivity index (χ1v) is 6.72. The van der Waals surface area contributed by atoms with E-state index >= 15 is 0 Å². The lowest BCUT2D eigenvalue weighted by atomic mass is 10.0. The van der Waals surface area contributed by atoms with Gasteiger partial charge >= 0.3 is 0 Å². The van der Waals surface area contributed by atoms with E-state index in [0.717, 1.165) is 5.56 Å². The third kappa shape index (κ3) is 3.79. The van der Waals surface area contributed by atoms with Crippen LogP contribution < -0.4 is 0 Å². The van der Waals surface area contributed by atoms with Gasteiger partial charge in [-0.25, -0.2) is 4.39 Å². The van der Waals surface area contributed by atoms with Crippen LogP contribution in [0.1, 0.15) is 30.1 Å². The minimum atomic E-state index is -0.508. The second kappa shape index (κ2) is 6.69. The zero-order valence-corrected chi connectivity index (χ0v) is 11.3. The molecule has 1 nitrogen and oxygen atoms in total. The van der Waals surface area contributed by atoms with E-state index in [4.69, 9.17) is 11.6 Å². The fourth-order valence-corrected chi connectivity index (χ4v) is 2.34. The van der Waals surface area contributed by atoms with Gasteiger partial charge in [0.15, 0.2) is 0 Å². The molecule has 0 spiro atoms. The molecule has 0 fully saturated rings. The summed E-state index contributed by atoms with van der Waals surface area (Å²) in [5.74, 6) is -0.276. The lowest BCUT2D eigenvalue weighted by Crippen LogP contribution is -1.99. The van der Waals surface area contributed by atoms with Crippen molar-refractivity contribution in [3.05, 3.63) is 70.5 Å². The molecule has 0 aliphatic heterocycles. The Morgan fingerprint density at radius 1 is 1.05 bits per heavy atom. The Kier molecular flexibility index (Phi) is 4.94. The van der Waals surface area contributed by atoms with Crippen molar-refractivity contribution >= 4 is 11.6 Å². The smallest absolute Gasteiger partial charge is 0.127 e. The fraction of sp³-hybridized carbons (Fsp3) is 0.250. The minimum absolute atomic E-state index is 0.276. The molecule has 100 valence electrons. The number of hydrogen-bond acceptors (Lipinski definition) is 1. The molecule has 0 heterocycles. The van der Waals surface area contributed by atoms with Crippen LogP contribution in [-0.4, -0.2) is 5.11 Å². The van der Waals surface area contributed by atoms with E-state index in [1.165, 1.54) is 6.07 Å². The summed E-state index contributed by atoms with van der Waals surface area (Å²) in [4.78, 5) is 0. The van der Waals surface area contributed by atoms with Gasteiger partial charge in [0, 0.05) is 10.6 Å². The van der Waals surface area contributed by atoms with Gasteiger partial charge in [-0.3, -0.25) is 0 Å². The predicted molar refractivity (Wildman–Crippen MR) is 75.7 cm³/mol. The summed E-state index contributed by atoms with van der Waals surface area (Å²) in [7, 11) is 0. The van der Waals surface area contributed by atoms with E-state index < -0.39 is 6.10 Å². The third-order valence-electron chi connectivity index (χ3n) is 3.15. The van der Waals surface area contributed by atoms with Crippen LogP contribution in [0.2, 0.25) is 5.02 Å². The molecule has 3 heteroatoms. The van der Waals surface area contributed by atoms with Crippen molar-refractivity contribution in [2.75, 3.05) is 0 Å². The second-order valence-electron chi connectivity index (χ2n) is 4.52. The second-order valence-corrected chi connectivity index (χ2v) is 4.93. The summed E-state index contributed by atoms with van der Waals surface area (Å²) < 4.78 is 13.6. The summed E-state index contributed by atoms with van der Waals surface area (Å²) in [5, 5.41) is 10.5. The van der Waals surface area contributed by atoms with Gasteiger partial charge in [0.2, 0.25) is 0 Å². The number of aliphatic hydroxyl groups excluding tert-OH is 1. The van der Waals surface area contributed by atoms with Crippen LogP contribution in [-0.2, 0) is 6.42 Å². The van der Waals surface area contributed by atoms with Gasteiger partial charge in [0.05, 0.1) is 6.10 Å². The molecule has 0 bridgehead atoms. The van der Waals surface area contributed by atoms with Gasteiger partial charge in [0.25, 0.3) is 0 Å². The first kappa shape index (κ1) is 14.0. The fourth-order valence-electron chi connectivity index (χ4n) is 2.09. The van der Waals surface area contributed by atoms with Crippen LogP contribution in [0, 0.1) is 5.82 Å². The Hall–Kier alpha value is -1.38. The zero-order valence-electron chi connectivity index (χ0n) is 10.5. The maximum Gasteiger partial charge on any atom is 0.127 e. The molecule has 0 aromatic heterocycles. The minimum Gasteiger partial charge on any atom is -0.388 e. The maximum atomic E-state index is 13.6. The van der Waals surface area contributed by atoms with Crippen molar-refractivity contribution in [3.8, 4) is 0 Å². The molecule has 1 N–H and O–H groups in total. The number of rotatable bonds is 5. The van der Waals surface area contributed by atoms with Crippen LogP contribution in [0.5, 0.6) is 0 Å². The van der Waals surface area contributed by atoms with Crippen molar-refractivity contribution in [1.29, 1.82) is 0 Å². The van der Waals surface area contributed by atoms with E-state index in [1.54, 1.807) is 12.1 Å². The van der Waals surface area contributed by atoms with E-state index in [2.05, 4.69) is 0 Å². The molecule has 0 aliphatic rings. The molecular weight excluding hydrogens is 263 g/mol. The largest absolute Gasteiger partial charge is 0.388 e. The highest BCUT2D eigenvalue weighted by molar-refractivity contribution is 6.31. The van der Waals surface area contributed by atoms with Crippen molar-refractivity contribution in [1.82, 2.24) is 0 Å². The average molecular weight is 279 g/mol. The summed E-state index contributed by atoms with van der Waals surface area (Å²) in [6.07, 6.45) is 1.31. The Morgan fingerprint density at radius 2 is 1.79 bits per heavy atom. The summed E-state index contributed by atoms with van der Waals surface area (Å²) in [6, 6.07) is 14.2. The summed E-state index contributed by atoms with van der Waals surface area (Å²) >= 11 is 5.96. The van der Waals surface area contributed by atoms with Crippen molar-refractivity contribution < 1.29 is 9.50 Å². The highest BCUT2D eigenvalue weighted by Gasteiger charge is 2.10. The highest BCUT2D eigenvalue weighted by atomic mass is 35.5. The standard InChI is InChI=1S/C16H16ClFO/c17-14-9-5-10-15(18)13(14)8-4-11-16(19)12-6-2-1-3-7-12/h1-3,5-7,9-10,16,19H,4,8,11H2. The van der Waals surface area contributed by atoms with Crippen molar-refractivity contribution in [2.24, 2.45) is 0 Å². The summed E-state index contributed by atoms with van der Waals surface area (Å²) in [6.45, 7) is 0. The highest BCUT2D eigenvalue weighted by Crippen LogP contribution is 2.24. The molecule has 2 rings (SSSR count). The molecule has 0 amide bonds. The van der Waals surface area contributed by atoms with Gasteiger partial charge in [-0.2, -0.15) is 0 Å². The van der Waals surface area contributed by atoms with E-state index in [1.807, 2.05) is 30.3 Å². The van der Waals surface area contributed by atoms with Crippen LogP contribution in [0.4, 0.5) is 4.39 Å². The zero-order chi connectivity index (χ0) is 13.7. The maximum absolute atomic E-state index is 13.6. The Bertz CT molecular complexity index is 507. The molecule has 2 aromatic rings. The lowest BCUT2D eigenvalue weighted by Gasteiger charge is -2.11. The number of aliphatic hydroxyl groups is 1. The average Bonchev–Trinajstić information content (AvgIpc) is 2.43. The van der Waals surface area contributed by atoms with Gasteiger partial charge in [-0.15, -0.1) is 0 Å². The predicted octanol–water partition coefficient (Wildman–Crippen LogP) is 4.54. The summed E-state index contributed by atoms with van der Waals surface area (Å²) in [5.41, 5.74) is 1.42. The monoisotopic (exact) mass is 278 g/mol. The molecule has 0 aliphatic carbocycles.